The number of hydrogen-bond donors (Lipinski definition) is 2. The highest BCUT2D eigenvalue weighted by molar-refractivity contribution is 6.07. The van der Waals surface area contributed by atoms with E-state index in [1.807, 2.05) is 0 Å². The lowest BCUT2D eigenvalue weighted by molar-refractivity contribution is 0.166. The summed E-state index contributed by atoms with van der Waals surface area (Å²) in [7, 11) is 0. The van der Waals surface area contributed by atoms with Gasteiger partial charge in [0.25, 0.3) is 0 Å². The second-order valence-corrected chi connectivity index (χ2v) is 22.8. The summed E-state index contributed by atoms with van der Waals surface area (Å²) in [6, 6.07) is 25.3. The van der Waals surface area contributed by atoms with Crippen molar-refractivity contribution in [2.45, 2.75) is 204 Å². The van der Waals surface area contributed by atoms with E-state index in [2.05, 4.69) is 82.8 Å². The first-order chi connectivity index (χ1) is 37.6. The number of aromatic amines is 2. The molecule has 8 bridgehead atoms. The minimum atomic E-state index is 0.174. The maximum absolute atomic E-state index is 6.82. The van der Waals surface area contributed by atoms with Crippen LogP contribution in [0.15, 0.2) is 72.8 Å². The number of hydrogen-bond acceptors (Lipinski definition) is 10. The Bertz CT molecular complexity index is 3130. The van der Waals surface area contributed by atoms with E-state index in [9.17, 15) is 0 Å². The summed E-state index contributed by atoms with van der Waals surface area (Å²) in [6.45, 7) is 0. The molecule has 4 aliphatic carbocycles. The zero-order valence-corrected chi connectivity index (χ0v) is 44.4. The first-order valence-electron chi connectivity index (χ1n) is 29.7. The predicted molar refractivity (Wildman–Crippen MR) is 303 cm³/mol. The molecule has 4 aromatic carbocycles. The van der Waals surface area contributed by atoms with Gasteiger partial charge in [0.05, 0.1) is 24.4 Å². The molecule has 0 spiro atoms. The molecule has 13 rings (SSSR count). The van der Waals surface area contributed by atoms with Crippen molar-refractivity contribution in [1.82, 2.24) is 39.9 Å². The largest absolute Gasteiger partial charge is 0.490 e. The number of nitrogens with zero attached hydrogens (tertiary/aromatic N) is 6. The molecule has 6 aliphatic rings. The van der Waals surface area contributed by atoms with Crippen LogP contribution in [0.3, 0.4) is 0 Å². The Morgan fingerprint density at radius 2 is 0.526 bits per heavy atom. The first kappa shape index (κ1) is 49.0. The molecule has 0 atom stereocenters. The monoisotopic (exact) mass is 1020 g/mol. The van der Waals surface area contributed by atoms with Gasteiger partial charge in [-0.25, -0.2) is 29.9 Å². The number of aromatic nitrogens is 8. The fourth-order valence-electron chi connectivity index (χ4n) is 12.9. The molecule has 7 aromatic rings. The van der Waals surface area contributed by atoms with Crippen LogP contribution in [0.2, 0.25) is 0 Å². The SMILES string of the molecule is c1cc2c(cc1OC1CCCCCCC1)-c1nc-2nc2[nH]c(nc3nc(nc4[nH]c(n1)c1ccc(OC5CCCCCCC5)cc41)-c1ccc(OC4CCCCCCC4)cc1-3)c1ccc(OC3CCCCCCC3)cc21. The molecule has 0 saturated heterocycles. The second-order valence-electron chi connectivity index (χ2n) is 22.8. The van der Waals surface area contributed by atoms with E-state index in [-0.39, 0.29) is 24.4 Å². The maximum Gasteiger partial charge on any atom is 0.164 e. The van der Waals surface area contributed by atoms with Crippen molar-refractivity contribution in [2.24, 2.45) is 0 Å². The highest BCUT2D eigenvalue weighted by Gasteiger charge is 2.26. The molecular weight excluding hydrogens is 945 g/mol. The van der Waals surface area contributed by atoms with Gasteiger partial charge in [-0.15, -0.1) is 0 Å². The van der Waals surface area contributed by atoms with Gasteiger partial charge in [-0.05, 0) is 176 Å². The number of benzene rings is 4. The maximum atomic E-state index is 6.82. The number of ether oxygens (including phenoxy) is 4. The van der Waals surface area contributed by atoms with E-state index in [0.717, 1.165) is 118 Å². The third-order valence-electron chi connectivity index (χ3n) is 17.1. The van der Waals surface area contributed by atoms with Crippen molar-refractivity contribution in [3.05, 3.63) is 72.8 Å². The van der Waals surface area contributed by atoms with Crippen molar-refractivity contribution in [1.29, 1.82) is 0 Å². The Morgan fingerprint density at radius 1 is 0.263 bits per heavy atom. The van der Waals surface area contributed by atoms with Crippen LogP contribution in [0.1, 0.15) is 180 Å². The third-order valence-corrected chi connectivity index (χ3v) is 17.1. The van der Waals surface area contributed by atoms with Crippen LogP contribution in [-0.4, -0.2) is 64.3 Å². The molecule has 0 radical (unpaired) electrons. The van der Waals surface area contributed by atoms with E-state index >= 15 is 0 Å². The topological polar surface area (TPSA) is 146 Å². The van der Waals surface area contributed by atoms with Crippen molar-refractivity contribution < 1.29 is 18.9 Å². The average Bonchev–Trinajstić information content (AvgIpc) is 4.18. The van der Waals surface area contributed by atoms with E-state index in [0.29, 0.717) is 45.9 Å². The molecule has 2 N–H and O–H groups in total. The van der Waals surface area contributed by atoms with Gasteiger partial charge in [0.1, 0.15) is 45.6 Å². The predicted octanol–water partition coefficient (Wildman–Crippen LogP) is 16.8. The zero-order chi connectivity index (χ0) is 50.6. The molecule has 0 amide bonds. The minimum absolute atomic E-state index is 0.174. The fraction of sp³-hybridized carbons (Fsp3) is 0.500. The molecule has 394 valence electrons. The standard InChI is InChI=1S/C64H74N8O4/c1-5-13-21-41(22-14-6-1)73-45-29-33-49-53(37-45)61-65-57(49)70-62-55-39-47(75-43-25-17-9-3-10-18-26-43)31-35-51(55)59(67-62)72-64-56-40-48(76-44-27-19-11-4-12-20-28-44)32-36-52(56)60(68-64)71-63-54-38-46(30-34-50(54)58(66-63)69-61)74-42-23-15-7-2-8-16-24-42/h29-44H,1-28H2,(H2,65,66,67,68,69,70,71,72). The summed E-state index contributed by atoms with van der Waals surface area (Å²) >= 11 is 0. The zero-order valence-electron chi connectivity index (χ0n) is 44.4. The van der Waals surface area contributed by atoms with Gasteiger partial charge < -0.3 is 28.9 Å². The summed E-state index contributed by atoms with van der Waals surface area (Å²) in [5.41, 5.74) is 6.09. The molecule has 3 aromatic heterocycles. The molecule has 4 fully saturated rings. The van der Waals surface area contributed by atoms with Crippen LogP contribution in [0.4, 0.5) is 0 Å². The smallest absolute Gasteiger partial charge is 0.164 e. The quantitative estimate of drug-likeness (QED) is 0.151. The summed E-state index contributed by atoms with van der Waals surface area (Å²) in [6.07, 6.45) is 34.1. The Hall–Kier alpha value is -6.56. The Balaban J connectivity index is 1.01. The van der Waals surface area contributed by atoms with Crippen molar-refractivity contribution in [2.75, 3.05) is 0 Å². The van der Waals surface area contributed by atoms with Gasteiger partial charge in [-0.3, -0.25) is 0 Å². The lowest BCUT2D eigenvalue weighted by Crippen LogP contribution is -2.17. The highest BCUT2D eigenvalue weighted by atomic mass is 16.5. The van der Waals surface area contributed by atoms with Crippen LogP contribution >= 0.6 is 0 Å². The molecule has 4 saturated carbocycles. The van der Waals surface area contributed by atoms with Gasteiger partial charge in [0.2, 0.25) is 0 Å². The summed E-state index contributed by atoms with van der Waals surface area (Å²) < 4.78 is 27.3. The summed E-state index contributed by atoms with van der Waals surface area (Å²) in [5, 5.41) is 3.63. The summed E-state index contributed by atoms with van der Waals surface area (Å²) in [4.78, 5) is 39.8. The lowest BCUT2D eigenvalue weighted by Gasteiger charge is -2.21. The molecule has 5 heterocycles. The number of nitrogens with one attached hydrogen (secondary N) is 2. The van der Waals surface area contributed by atoms with E-state index < -0.39 is 0 Å². The van der Waals surface area contributed by atoms with E-state index in [1.165, 1.54) is 128 Å². The number of rotatable bonds is 8. The second kappa shape index (κ2) is 22.6. The molecule has 2 aliphatic heterocycles. The Kier molecular flexibility index (Phi) is 14.6. The van der Waals surface area contributed by atoms with Crippen LogP contribution in [0.5, 0.6) is 23.0 Å². The lowest BCUT2D eigenvalue weighted by atomic mass is 9.98. The fourth-order valence-corrected chi connectivity index (χ4v) is 12.9. The molecule has 12 nitrogen and oxygen atoms in total. The van der Waals surface area contributed by atoms with Gasteiger partial charge in [-0.2, -0.15) is 0 Å². The van der Waals surface area contributed by atoms with Crippen LogP contribution < -0.4 is 18.9 Å². The van der Waals surface area contributed by atoms with Crippen molar-refractivity contribution in [3.8, 4) is 68.5 Å². The highest BCUT2D eigenvalue weighted by Crippen LogP contribution is 2.41. The molecule has 76 heavy (non-hydrogen) atoms. The normalized spacial score (nSPS) is 18.9. The molecule has 0 unspecified atom stereocenters. The van der Waals surface area contributed by atoms with Crippen LogP contribution in [0.25, 0.3) is 89.7 Å². The minimum Gasteiger partial charge on any atom is -0.490 e. The Labute approximate surface area is 446 Å². The average molecular weight is 1020 g/mol. The van der Waals surface area contributed by atoms with E-state index in [1.54, 1.807) is 0 Å². The molecule has 12 heteroatoms. The van der Waals surface area contributed by atoms with Crippen molar-refractivity contribution >= 4 is 44.1 Å². The van der Waals surface area contributed by atoms with Gasteiger partial charge >= 0.3 is 0 Å². The Morgan fingerprint density at radius 3 is 0.855 bits per heavy atom. The summed E-state index contributed by atoms with van der Waals surface area (Å²) in [5.74, 6) is 5.55. The third kappa shape index (κ3) is 10.9. The number of fused-ring (bicyclic) bond motifs is 20. The molecular formula is C64H74N8O4. The van der Waals surface area contributed by atoms with Gasteiger partial charge in [-0.1, -0.05) is 77.0 Å². The first-order valence-corrected chi connectivity index (χ1v) is 29.7. The van der Waals surface area contributed by atoms with Gasteiger partial charge in [0.15, 0.2) is 23.3 Å². The number of H-pyrrole nitrogens is 2. The van der Waals surface area contributed by atoms with Crippen LogP contribution in [0, 0.1) is 0 Å². The van der Waals surface area contributed by atoms with Crippen molar-refractivity contribution in [3.63, 3.8) is 0 Å². The van der Waals surface area contributed by atoms with Crippen LogP contribution in [-0.2, 0) is 0 Å². The van der Waals surface area contributed by atoms with Gasteiger partial charge in [0, 0.05) is 43.8 Å². The van der Waals surface area contributed by atoms with E-state index in [4.69, 9.17) is 48.9 Å².